The third kappa shape index (κ3) is 2.26. The first kappa shape index (κ1) is 11.7. The van der Waals surface area contributed by atoms with Crippen molar-refractivity contribution in [2.75, 3.05) is 0 Å². The molecule has 0 aliphatic heterocycles. The predicted molar refractivity (Wildman–Crippen MR) is 70.0 cm³/mol. The number of rotatable bonds is 2. The summed E-state index contributed by atoms with van der Waals surface area (Å²) in [5, 5.41) is 0.620. The standard InChI is InChI=1S/C12H6BrFN2OS/c13-7-5-8(14)11(15-6-7)18-12-16-9-3-1-2-4-10(9)17-12/h1-6H. The Labute approximate surface area is 115 Å². The summed E-state index contributed by atoms with van der Waals surface area (Å²) >= 11 is 4.22. The Hall–Kier alpha value is -1.40. The molecule has 0 aliphatic rings. The van der Waals surface area contributed by atoms with Gasteiger partial charge in [-0.3, -0.25) is 0 Å². The number of hydrogen-bond acceptors (Lipinski definition) is 4. The fraction of sp³-hybridized carbons (Fsp3) is 0. The van der Waals surface area contributed by atoms with Crippen LogP contribution in [0, 0.1) is 5.82 Å². The molecule has 2 heterocycles. The van der Waals surface area contributed by atoms with Gasteiger partial charge in [-0.2, -0.15) is 0 Å². The lowest BCUT2D eigenvalue weighted by molar-refractivity contribution is 0.487. The molecule has 0 saturated carbocycles. The van der Waals surface area contributed by atoms with Gasteiger partial charge in [0.25, 0.3) is 5.22 Å². The highest BCUT2D eigenvalue weighted by Gasteiger charge is 2.11. The topological polar surface area (TPSA) is 38.9 Å². The van der Waals surface area contributed by atoms with E-state index in [2.05, 4.69) is 25.9 Å². The van der Waals surface area contributed by atoms with Crippen LogP contribution >= 0.6 is 27.7 Å². The van der Waals surface area contributed by atoms with Gasteiger partial charge >= 0.3 is 0 Å². The zero-order valence-electron chi connectivity index (χ0n) is 8.93. The summed E-state index contributed by atoms with van der Waals surface area (Å²) in [7, 11) is 0. The molecule has 3 aromatic rings. The minimum Gasteiger partial charge on any atom is -0.431 e. The van der Waals surface area contributed by atoms with Crippen LogP contribution in [0.3, 0.4) is 0 Å². The average Bonchev–Trinajstić information content (AvgIpc) is 2.75. The lowest BCUT2D eigenvalue weighted by Gasteiger charge is -1.98. The molecule has 0 aliphatic carbocycles. The van der Waals surface area contributed by atoms with Crippen molar-refractivity contribution in [3.05, 3.63) is 46.8 Å². The van der Waals surface area contributed by atoms with E-state index in [1.165, 1.54) is 12.3 Å². The molecular weight excluding hydrogens is 319 g/mol. The van der Waals surface area contributed by atoms with Gasteiger partial charge in [0.05, 0.1) is 0 Å². The second-order valence-corrected chi connectivity index (χ2v) is 5.35. The lowest BCUT2D eigenvalue weighted by atomic mass is 10.3. The summed E-state index contributed by atoms with van der Waals surface area (Å²) in [6, 6.07) is 8.75. The maximum Gasteiger partial charge on any atom is 0.263 e. The number of aromatic nitrogens is 2. The maximum atomic E-state index is 13.6. The summed E-state index contributed by atoms with van der Waals surface area (Å²) in [4.78, 5) is 8.23. The molecule has 0 fully saturated rings. The molecule has 3 nitrogen and oxygen atoms in total. The van der Waals surface area contributed by atoms with Crippen LogP contribution in [-0.4, -0.2) is 9.97 Å². The molecule has 1 aromatic carbocycles. The van der Waals surface area contributed by atoms with Crippen LogP contribution in [-0.2, 0) is 0 Å². The number of fused-ring (bicyclic) bond motifs is 1. The van der Waals surface area contributed by atoms with Crippen molar-refractivity contribution in [2.24, 2.45) is 0 Å². The summed E-state index contributed by atoms with van der Waals surface area (Å²) < 4.78 is 19.7. The zero-order valence-corrected chi connectivity index (χ0v) is 11.3. The summed E-state index contributed by atoms with van der Waals surface area (Å²) in [5.74, 6) is -0.406. The molecule has 6 heteroatoms. The van der Waals surface area contributed by atoms with E-state index in [0.717, 1.165) is 17.3 Å². The summed E-state index contributed by atoms with van der Waals surface area (Å²) in [5.41, 5.74) is 1.43. The molecule has 0 atom stereocenters. The highest BCUT2D eigenvalue weighted by atomic mass is 79.9. The zero-order chi connectivity index (χ0) is 12.5. The number of halogens is 2. The van der Waals surface area contributed by atoms with Gasteiger partial charge in [-0.05, 0) is 45.9 Å². The molecule has 90 valence electrons. The van der Waals surface area contributed by atoms with Crippen LogP contribution < -0.4 is 0 Å². The molecule has 0 saturated heterocycles. The number of hydrogen-bond donors (Lipinski definition) is 0. The maximum absolute atomic E-state index is 13.6. The molecular formula is C12H6BrFN2OS. The molecule has 18 heavy (non-hydrogen) atoms. The first-order valence-corrected chi connectivity index (χ1v) is 6.68. The van der Waals surface area contributed by atoms with Gasteiger partial charge in [0.1, 0.15) is 10.5 Å². The predicted octanol–water partition coefficient (Wildman–Crippen LogP) is 4.28. The van der Waals surface area contributed by atoms with Gasteiger partial charge in [-0.15, -0.1) is 0 Å². The molecule has 0 unspecified atom stereocenters. The van der Waals surface area contributed by atoms with Crippen LogP contribution in [0.5, 0.6) is 0 Å². The molecule has 0 bridgehead atoms. The average molecular weight is 325 g/mol. The second kappa shape index (κ2) is 4.70. The third-order valence-corrected chi connectivity index (χ3v) is 3.51. The Kier molecular flexibility index (Phi) is 3.05. The third-order valence-electron chi connectivity index (χ3n) is 2.23. The monoisotopic (exact) mass is 324 g/mol. The van der Waals surface area contributed by atoms with Crippen molar-refractivity contribution in [1.29, 1.82) is 0 Å². The van der Waals surface area contributed by atoms with Crippen LogP contribution in [0.25, 0.3) is 11.1 Å². The van der Waals surface area contributed by atoms with Gasteiger partial charge in [-0.1, -0.05) is 12.1 Å². The fourth-order valence-corrected chi connectivity index (χ4v) is 2.46. The van der Waals surface area contributed by atoms with Crippen LogP contribution in [0.1, 0.15) is 0 Å². The van der Waals surface area contributed by atoms with E-state index in [0.29, 0.717) is 15.3 Å². The minimum absolute atomic E-state index is 0.241. The fourth-order valence-electron chi connectivity index (χ4n) is 1.45. The molecule has 2 aromatic heterocycles. The van der Waals surface area contributed by atoms with Gasteiger partial charge in [0.15, 0.2) is 11.4 Å². The summed E-state index contributed by atoms with van der Waals surface area (Å²) in [6.07, 6.45) is 1.54. The normalized spacial score (nSPS) is 11.0. The van der Waals surface area contributed by atoms with Gasteiger partial charge in [0, 0.05) is 10.7 Å². The van der Waals surface area contributed by atoms with E-state index in [4.69, 9.17) is 4.42 Å². The Morgan fingerprint density at radius 3 is 2.89 bits per heavy atom. The van der Waals surface area contributed by atoms with E-state index in [-0.39, 0.29) is 5.03 Å². The highest BCUT2D eigenvalue weighted by Crippen LogP contribution is 2.30. The van der Waals surface area contributed by atoms with Crippen molar-refractivity contribution in [3.8, 4) is 0 Å². The second-order valence-electron chi connectivity index (χ2n) is 3.49. The molecule has 3 rings (SSSR count). The summed E-state index contributed by atoms with van der Waals surface area (Å²) in [6.45, 7) is 0. The van der Waals surface area contributed by atoms with Crippen LogP contribution in [0.15, 0.2) is 55.7 Å². The quantitative estimate of drug-likeness (QED) is 0.705. The number of benzene rings is 1. The smallest absolute Gasteiger partial charge is 0.263 e. The number of para-hydroxylation sites is 2. The first-order chi connectivity index (χ1) is 8.72. The molecule has 0 spiro atoms. The molecule has 0 N–H and O–H groups in total. The number of nitrogens with zero attached hydrogens (tertiary/aromatic N) is 2. The lowest BCUT2D eigenvalue weighted by Crippen LogP contribution is -1.86. The molecule has 0 radical (unpaired) electrons. The van der Waals surface area contributed by atoms with Gasteiger partial charge in [0.2, 0.25) is 0 Å². The van der Waals surface area contributed by atoms with Crippen molar-refractivity contribution < 1.29 is 8.81 Å². The van der Waals surface area contributed by atoms with Crippen molar-refractivity contribution in [1.82, 2.24) is 9.97 Å². The highest BCUT2D eigenvalue weighted by molar-refractivity contribution is 9.10. The van der Waals surface area contributed by atoms with E-state index < -0.39 is 5.82 Å². The number of oxazole rings is 1. The van der Waals surface area contributed by atoms with Crippen LogP contribution in [0.2, 0.25) is 0 Å². The Bertz CT molecular complexity index is 683. The van der Waals surface area contributed by atoms with Crippen molar-refractivity contribution in [3.63, 3.8) is 0 Å². The van der Waals surface area contributed by atoms with Gasteiger partial charge < -0.3 is 4.42 Å². The molecule has 0 amide bonds. The minimum atomic E-state index is -0.406. The largest absolute Gasteiger partial charge is 0.431 e. The van der Waals surface area contributed by atoms with Gasteiger partial charge in [-0.25, -0.2) is 14.4 Å². The van der Waals surface area contributed by atoms with E-state index in [9.17, 15) is 4.39 Å². The van der Waals surface area contributed by atoms with Crippen LogP contribution in [0.4, 0.5) is 4.39 Å². The Morgan fingerprint density at radius 1 is 1.28 bits per heavy atom. The number of pyridine rings is 1. The van der Waals surface area contributed by atoms with E-state index >= 15 is 0 Å². The SMILES string of the molecule is Fc1cc(Br)cnc1Sc1nc2ccccc2o1. The van der Waals surface area contributed by atoms with Crippen molar-refractivity contribution in [2.45, 2.75) is 10.2 Å². The Morgan fingerprint density at radius 2 is 2.11 bits per heavy atom. The van der Waals surface area contributed by atoms with E-state index in [1.54, 1.807) is 0 Å². The first-order valence-electron chi connectivity index (χ1n) is 5.07. The Balaban J connectivity index is 1.96. The van der Waals surface area contributed by atoms with E-state index in [1.807, 2.05) is 24.3 Å². The van der Waals surface area contributed by atoms with Crippen molar-refractivity contribution >= 4 is 38.8 Å².